The first-order valence-electron chi connectivity index (χ1n) is 9.82. The molecule has 0 unspecified atom stereocenters. The number of aromatic nitrogens is 5. The van der Waals surface area contributed by atoms with Crippen LogP contribution in [0, 0.1) is 12.7 Å². The lowest BCUT2D eigenvalue weighted by Crippen LogP contribution is -2.13. The zero-order valence-electron chi connectivity index (χ0n) is 17.0. The molecule has 0 saturated heterocycles. The summed E-state index contributed by atoms with van der Waals surface area (Å²) in [6.45, 7) is 2.36. The van der Waals surface area contributed by atoms with Crippen molar-refractivity contribution in [3.8, 4) is 11.3 Å². The average molecular weight is 428 g/mol. The van der Waals surface area contributed by atoms with Crippen LogP contribution in [0.5, 0.6) is 0 Å². The molecule has 3 aromatic heterocycles. The largest absolute Gasteiger partial charge is 0.335 e. The molecule has 5 aromatic rings. The van der Waals surface area contributed by atoms with Gasteiger partial charge in [0.1, 0.15) is 24.2 Å². The summed E-state index contributed by atoms with van der Waals surface area (Å²) in [5.41, 5.74) is 3.96. The molecule has 0 spiro atoms. The van der Waals surface area contributed by atoms with Gasteiger partial charge in [-0.1, -0.05) is 17.3 Å². The molecular formula is C23H17FN6O2. The number of nitrogens with zero attached hydrogens (tertiary/aromatic N) is 5. The number of hydrogen-bond donors (Lipinski definition) is 1. The molecule has 0 radical (unpaired) electrons. The summed E-state index contributed by atoms with van der Waals surface area (Å²) in [4.78, 5) is 21.4. The second kappa shape index (κ2) is 8.03. The zero-order valence-corrected chi connectivity index (χ0v) is 17.0. The molecule has 1 amide bonds. The van der Waals surface area contributed by atoms with E-state index in [-0.39, 0.29) is 17.4 Å². The van der Waals surface area contributed by atoms with Gasteiger partial charge in [-0.2, -0.15) is 5.10 Å². The van der Waals surface area contributed by atoms with Gasteiger partial charge in [-0.25, -0.2) is 19.0 Å². The summed E-state index contributed by atoms with van der Waals surface area (Å²) < 4.78 is 20.4. The number of aryl methyl sites for hydroxylation is 1. The maximum atomic E-state index is 13.4. The van der Waals surface area contributed by atoms with Gasteiger partial charge in [0.05, 0.1) is 17.5 Å². The smallest absolute Gasteiger partial charge is 0.259 e. The Morgan fingerprint density at radius 3 is 2.62 bits per heavy atom. The number of anilines is 1. The highest BCUT2D eigenvalue weighted by Crippen LogP contribution is 2.31. The van der Waals surface area contributed by atoms with E-state index in [1.807, 2.05) is 24.3 Å². The molecule has 158 valence electrons. The Morgan fingerprint density at radius 1 is 1.12 bits per heavy atom. The fraction of sp³-hybridized carbons (Fsp3) is 0.0870. The minimum Gasteiger partial charge on any atom is -0.335 e. The van der Waals surface area contributed by atoms with Crippen molar-refractivity contribution in [2.75, 3.05) is 5.32 Å². The quantitative estimate of drug-likeness (QED) is 0.450. The monoisotopic (exact) mass is 428 g/mol. The molecule has 0 fully saturated rings. The number of pyridine rings is 1. The molecule has 0 aliphatic carbocycles. The third-order valence-corrected chi connectivity index (χ3v) is 4.96. The molecule has 0 bridgehead atoms. The van der Waals surface area contributed by atoms with Crippen LogP contribution in [0.3, 0.4) is 0 Å². The molecule has 9 heteroatoms. The van der Waals surface area contributed by atoms with Gasteiger partial charge in [0, 0.05) is 16.9 Å². The van der Waals surface area contributed by atoms with Crippen LogP contribution in [-0.2, 0) is 6.54 Å². The van der Waals surface area contributed by atoms with E-state index in [9.17, 15) is 9.18 Å². The van der Waals surface area contributed by atoms with Crippen molar-refractivity contribution in [3.05, 3.63) is 89.9 Å². The summed E-state index contributed by atoms with van der Waals surface area (Å²) in [6.07, 6.45) is 3.13. The number of nitrogens with one attached hydrogen (secondary N) is 1. The van der Waals surface area contributed by atoms with Gasteiger partial charge in [0.2, 0.25) is 0 Å². The summed E-state index contributed by atoms with van der Waals surface area (Å²) >= 11 is 0. The molecule has 8 nitrogen and oxygen atoms in total. The van der Waals surface area contributed by atoms with Gasteiger partial charge in [-0.05, 0) is 55.0 Å². The Hall–Kier alpha value is -4.40. The van der Waals surface area contributed by atoms with Crippen LogP contribution >= 0.6 is 0 Å². The number of benzene rings is 2. The summed E-state index contributed by atoms with van der Waals surface area (Å²) in [5.74, 6) is -0.683. The van der Waals surface area contributed by atoms with Crippen LogP contribution in [0.25, 0.3) is 22.4 Å². The van der Waals surface area contributed by atoms with E-state index in [1.54, 1.807) is 36.1 Å². The van der Waals surface area contributed by atoms with Crippen LogP contribution in [-0.4, -0.2) is 30.8 Å². The predicted octanol–water partition coefficient (Wildman–Crippen LogP) is 4.23. The fourth-order valence-corrected chi connectivity index (χ4v) is 3.45. The topological polar surface area (TPSA) is 98.7 Å². The van der Waals surface area contributed by atoms with Crippen LogP contribution in [0.2, 0.25) is 0 Å². The Balaban J connectivity index is 1.45. The fourth-order valence-electron chi connectivity index (χ4n) is 3.45. The van der Waals surface area contributed by atoms with Crippen molar-refractivity contribution in [1.29, 1.82) is 0 Å². The first kappa shape index (κ1) is 19.6. The highest BCUT2D eigenvalue weighted by Gasteiger charge is 2.21. The number of carbonyl (C=O) groups is 1. The Bertz CT molecular complexity index is 1390. The van der Waals surface area contributed by atoms with E-state index in [1.165, 1.54) is 18.5 Å². The highest BCUT2D eigenvalue weighted by molar-refractivity contribution is 6.14. The molecule has 0 aliphatic heterocycles. The van der Waals surface area contributed by atoms with Crippen LogP contribution in [0.1, 0.15) is 21.6 Å². The summed E-state index contributed by atoms with van der Waals surface area (Å²) in [7, 11) is 0. The van der Waals surface area contributed by atoms with Crippen LogP contribution in [0.4, 0.5) is 10.1 Å². The Labute approximate surface area is 181 Å². The lowest BCUT2D eigenvalue weighted by atomic mass is 10.0. The number of halogens is 1. The van der Waals surface area contributed by atoms with Crippen LogP contribution in [0.15, 0.2) is 71.8 Å². The highest BCUT2D eigenvalue weighted by atomic mass is 19.1. The Morgan fingerprint density at radius 2 is 1.91 bits per heavy atom. The molecule has 2 aromatic carbocycles. The molecule has 32 heavy (non-hydrogen) atoms. The van der Waals surface area contributed by atoms with Crippen molar-refractivity contribution in [3.63, 3.8) is 0 Å². The van der Waals surface area contributed by atoms with Gasteiger partial charge in [0.25, 0.3) is 11.6 Å². The van der Waals surface area contributed by atoms with Gasteiger partial charge in [-0.15, -0.1) is 0 Å². The van der Waals surface area contributed by atoms with Crippen LogP contribution < -0.4 is 5.32 Å². The minimum absolute atomic E-state index is 0.248. The second-order valence-electron chi connectivity index (χ2n) is 7.27. The van der Waals surface area contributed by atoms with E-state index >= 15 is 0 Å². The van der Waals surface area contributed by atoms with Crippen molar-refractivity contribution in [2.45, 2.75) is 13.5 Å². The number of hydrogen-bond acceptors (Lipinski definition) is 6. The first-order valence-corrected chi connectivity index (χ1v) is 9.82. The molecule has 3 heterocycles. The predicted molar refractivity (Wildman–Crippen MR) is 115 cm³/mol. The SMILES string of the molecule is Cc1cc(C(=O)Nc2ccc(Cn3cncn3)cc2)c2c(-c3ccc(F)cc3)noc2n1. The molecular weight excluding hydrogens is 411 g/mol. The number of fused-ring (bicyclic) bond motifs is 1. The van der Waals surface area contributed by atoms with E-state index in [4.69, 9.17) is 4.52 Å². The van der Waals surface area contributed by atoms with Gasteiger partial charge in [0.15, 0.2) is 0 Å². The lowest BCUT2D eigenvalue weighted by Gasteiger charge is -2.09. The third kappa shape index (κ3) is 3.83. The molecule has 1 N–H and O–H groups in total. The molecule has 5 rings (SSSR count). The standard InChI is InChI=1S/C23H17FN6O2/c1-14-10-19(20-21(29-32-23(20)27-14)16-4-6-17(24)7-5-16)22(31)28-18-8-2-15(3-9-18)11-30-13-25-12-26-30/h2-10,12-13H,11H2,1H3,(H,28,31). The number of rotatable bonds is 5. The minimum atomic E-state index is -0.360. The number of amides is 1. The van der Waals surface area contributed by atoms with Gasteiger partial charge >= 0.3 is 0 Å². The zero-order chi connectivity index (χ0) is 22.1. The van der Waals surface area contributed by atoms with E-state index in [0.29, 0.717) is 40.1 Å². The summed E-state index contributed by atoms with van der Waals surface area (Å²) in [6, 6.07) is 15.0. The van der Waals surface area contributed by atoms with Gasteiger partial charge in [-0.3, -0.25) is 4.79 Å². The van der Waals surface area contributed by atoms with Crippen molar-refractivity contribution >= 4 is 22.7 Å². The molecule has 0 saturated carbocycles. The maximum absolute atomic E-state index is 13.4. The lowest BCUT2D eigenvalue weighted by molar-refractivity contribution is 0.102. The second-order valence-corrected chi connectivity index (χ2v) is 7.27. The average Bonchev–Trinajstić information content (AvgIpc) is 3.45. The van der Waals surface area contributed by atoms with E-state index in [2.05, 4.69) is 25.5 Å². The van der Waals surface area contributed by atoms with E-state index < -0.39 is 0 Å². The van der Waals surface area contributed by atoms with Crippen molar-refractivity contribution in [1.82, 2.24) is 24.9 Å². The number of carbonyl (C=O) groups excluding carboxylic acids is 1. The van der Waals surface area contributed by atoms with Crippen molar-refractivity contribution in [2.24, 2.45) is 0 Å². The Kier molecular flexibility index (Phi) is 4.91. The summed E-state index contributed by atoms with van der Waals surface area (Å²) in [5, 5.41) is 11.6. The molecule has 0 aliphatic rings. The molecule has 0 atom stereocenters. The third-order valence-electron chi connectivity index (χ3n) is 4.96. The van der Waals surface area contributed by atoms with Gasteiger partial charge < -0.3 is 9.84 Å². The normalized spacial score (nSPS) is 11.1. The van der Waals surface area contributed by atoms with E-state index in [0.717, 1.165) is 5.56 Å². The maximum Gasteiger partial charge on any atom is 0.259 e. The first-order chi connectivity index (χ1) is 15.6. The van der Waals surface area contributed by atoms with Crippen molar-refractivity contribution < 1.29 is 13.7 Å².